The van der Waals surface area contributed by atoms with Crippen LogP contribution in [0.5, 0.6) is 0 Å². The molecule has 0 N–H and O–H groups in total. The topological polar surface area (TPSA) is 60.1 Å². The van der Waals surface area contributed by atoms with E-state index in [0.717, 1.165) is 4.68 Å². The highest BCUT2D eigenvalue weighted by atomic mass is 19.1. The number of halogens is 2. The van der Waals surface area contributed by atoms with Gasteiger partial charge >= 0.3 is 11.1 Å². The first kappa shape index (κ1) is 16.2. The van der Waals surface area contributed by atoms with E-state index in [0.29, 0.717) is 30.3 Å². The van der Waals surface area contributed by atoms with Gasteiger partial charge in [0.2, 0.25) is 5.95 Å². The second-order valence-electron chi connectivity index (χ2n) is 5.98. The van der Waals surface area contributed by atoms with Gasteiger partial charge in [0.25, 0.3) is 0 Å². The molecule has 132 valence electrons. The zero-order chi connectivity index (χ0) is 18.3. The van der Waals surface area contributed by atoms with Gasteiger partial charge in [0, 0.05) is 18.8 Å². The van der Waals surface area contributed by atoms with E-state index in [1.165, 1.54) is 34.9 Å². The summed E-state index contributed by atoms with van der Waals surface area (Å²) in [7, 11) is 0. The summed E-state index contributed by atoms with van der Waals surface area (Å²) in [4.78, 5) is 26.4. The number of rotatable bonds is 3. The molecule has 0 amide bonds. The van der Waals surface area contributed by atoms with E-state index in [9.17, 15) is 18.4 Å². The number of anilines is 2. The standard InChI is InChI=1S/C18H14F2N4O2/c19-13-4-6-15(7-5-13)22-8-9-23-16(25)17(26)24(21-18(22)23)11-12-2-1-3-14(20)10-12/h1-7,10H,8-9,11H2. The van der Waals surface area contributed by atoms with Crippen LogP contribution in [0, 0.1) is 11.6 Å². The van der Waals surface area contributed by atoms with Gasteiger partial charge in [-0.1, -0.05) is 12.1 Å². The molecule has 0 atom stereocenters. The zero-order valence-electron chi connectivity index (χ0n) is 13.6. The molecule has 8 heteroatoms. The molecular weight excluding hydrogens is 342 g/mol. The molecule has 2 aromatic carbocycles. The molecule has 4 rings (SSSR count). The Kier molecular flexibility index (Phi) is 3.87. The molecule has 2 heterocycles. The van der Waals surface area contributed by atoms with Gasteiger partial charge in [0.05, 0.1) is 6.54 Å². The van der Waals surface area contributed by atoms with Gasteiger partial charge in [0.1, 0.15) is 11.6 Å². The van der Waals surface area contributed by atoms with Gasteiger partial charge in [-0.05, 0) is 42.0 Å². The summed E-state index contributed by atoms with van der Waals surface area (Å²) in [6.07, 6.45) is 0. The van der Waals surface area contributed by atoms with E-state index in [1.807, 2.05) is 0 Å². The van der Waals surface area contributed by atoms with Crippen LogP contribution in [0.25, 0.3) is 0 Å². The van der Waals surface area contributed by atoms with Crippen LogP contribution in [0.3, 0.4) is 0 Å². The highest BCUT2D eigenvalue weighted by Gasteiger charge is 2.25. The summed E-state index contributed by atoms with van der Waals surface area (Å²) in [5.74, 6) is -0.492. The molecule has 0 spiro atoms. The Morgan fingerprint density at radius 1 is 0.923 bits per heavy atom. The van der Waals surface area contributed by atoms with Crippen molar-refractivity contribution in [2.24, 2.45) is 0 Å². The summed E-state index contributed by atoms with van der Waals surface area (Å²) in [6.45, 7) is 0.739. The van der Waals surface area contributed by atoms with E-state index < -0.39 is 16.9 Å². The highest BCUT2D eigenvalue weighted by molar-refractivity contribution is 5.58. The Morgan fingerprint density at radius 2 is 1.69 bits per heavy atom. The minimum Gasteiger partial charge on any atom is -0.309 e. The Balaban J connectivity index is 1.78. The van der Waals surface area contributed by atoms with Crippen molar-refractivity contribution < 1.29 is 8.78 Å². The van der Waals surface area contributed by atoms with E-state index in [1.54, 1.807) is 23.1 Å². The predicted molar refractivity (Wildman–Crippen MR) is 91.7 cm³/mol. The lowest BCUT2D eigenvalue weighted by molar-refractivity contribution is 0.584. The molecule has 1 aliphatic rings. The van der Waals surface area contributed by atoms with Crippen molar-refractivity contribution in [1.29, 1.82) is 0 Å². The molecule has 1 aromatic heterocycles. The van der Waals surface area contributed by atoms with Crippen molar-refractivity contribution in [2.75, 3.05) is 11.4 Å². The lowest BCUT2D eigenvalue weighted by Crippen LogP contribution is -2.42. The third kappa shape index (κ3) is 2.79. The second-order valence-corrected chi connectivity index (χ2v) is 5.98. The lowest BCUT2D eigenvalue weighted by atomic mass is 10.2. The smallest absolute Gasteiger partial charge is 0.309 e. The minimum absolute atomic E-state index is 0.0169. The third-order valence-electron chi connectivity index (χ3n) is 4.26. The fraction of sp³-hybridized carbons (Fsp3) is 0.167. The van der Waals surface area contributed by atoms with Gasteiger partial charge in [-0.25, -0.2) is 13.5 Å². The minimum atomic E-state index is -0.765. The summed E-state index contributed by atoms with van der Waals surface area (Å²) < 4.78 is 28.9. The van der Waals surface area contributed by atoms with Crippen molar-refractivity contribution >= 4 is 11.6 Å². The van der Waals surface area contributed by atoms with Crippen LogP contribution in [0.15, 0.2) is 58.1 Å². The van der Waals surface area contributed by atoms with Crippen molar-refractivity contribution in [3.05, 3.63) is 86.4 Å². The molecule has 3 aromatic rings. The number of hydrogen-bond donors (Lipinski definition) is 0. The van der Waals surface area contributed by atoms with Gasteiger partial charge in [-0.15, -0.1) is 5.10 Å². The Labute approximate surface area is 146 Å². The van der Waals surface area contributed by atoms with Crippen molar-refractivity contribution in [2.45, 2.75) is 13.1 Å². The normalized spacial score (nSPS) is 13.1. The van der Waals surface area contributed by atoms with Gasteiger partial charge in [-0.3, -0.25) is 14.2 Å². The summed E-state index contributed by atoms with van der Waals surface area (Å²) in [5, 5.41) is 4.30. The molecule has 0 saturated heterocycles. The summed E-state index contributed by atoms with van der Waals surface area (Å²) in [5.41, 5.74) is -0.259. The molecule has 6 nitrogen and oxygen atoms in total. The molecular formula is C18H14F2N4O2. The maximum Gasteiger partial charge on any atom is 0.333 e. The molecule has 0 fully saturated rings. The van der Waals surface area contributed by atoms with E-state index in [-0.39, 0.29) is 12.4 Å². The first-order valence-corrected chi connectivity index (χ1v) is 8.02. The number of fused-ring (bicyclic) bond motifs is 1. The highest BCUT2D eigenvalue weighted by Crippen LogP contribution is 2.26. The van der Waals surface area contributed by atoms with Gasteiger partial charge < -0.3 is 4.90 Å². The Morgan fingerprint density at radius 3 is 2.42 bits per heavy atom. The molecule has 26 heavy (non-hydrogen) atoms. The number of aromatic nitrogens is 3. The quantitative estimate of drug-likeness (QED) is 0.673. The lowest BCUT2D eigenvalue weighted by Gasteiger charge is -2.18. The summed E-state index contributed by atoms with van der Waals surface area (Å²) in [6, 6.07) is 11.6. The van der Waals surface area contributed by atoms with E-state index in [2.05, 4.69) is 5.10 Å². The monoisotopic (exact) mass is 356 g/mol. The van der Waals surface area contributed by atoms with Crippen LogP contribution in [0.2, 0.25) is 0 Å². The number of hydrogen-bond acceptors (Lipinski definition) is 4. The van der Waals surface area contributed by atoms with E-state index >= 15 is 0 Å². The Hall–Kier alpha value is -3.29. The molecule has 0 bridgehead atoms. The maximum atomic E-state index is 13.4. The van der Waals surface area contributed by atoms with Crippen LogP contribution >= 0.6 is 0 Å². The number of benzene rings is 2. The van der Waals surface area contributed by atoms with Gasteiger partial charge in [0.15, 0.2) is 0 Å². The average Bonchev–Trinajstić information content (AvgIpc) is 3.04. The number of nitrogens with zero attached hydrogens (tertiary/aromatic N) is 4. The van der Waals surface area contributed by atoms with Crippen molar-refractivity contribution in [3.63, 3.8) is 0 Å². The molecule has 1 aliphatic heterocycles. The van der Waals surface area contributed by atoms with Crippen LogP contribution in [-0.4, -0.2) is 20.9 Å². The fourth-order valence-corrected chi connectivity index (χ4v) is 3.01. The maximum absolute atomic E-state index is 13.4. The van der Waals surface area contributed by atoms with Crippen LogP contribution < -0.4 is 16.0 Å². The molecule has 0 radical (unpaired) electrons. The van der Waals surface area contributed by atoms with Crippen molar-refractivity contribution in [3.8, 4) is 0 Å². The average molecular weight is 356 g/mol. The predicted octanol–water partition coefficient (Wildman–Crippen LogP) is 1.88. The van der Waals surface area contributed by atoms with Crippen LogP contribution in [0.4, 0.5) is 20.4 Å². The fourth-order valence-electron chi connectivity index (χ4n) is 3.01. The molecule has 0 saturated carbocycles. The van der Waals surface area contributed by atoms with Crippen molar-refractivity contribution in [1.82, 2.24) is 14.3 Å². The third-order valence-corrected chi connectivity index (χ3v) is 4.26. The van der Waals surface area contributed by atoms with Crippen LogP contribution in [0.1, 0.15) is 5.56 Å². The second kappa shape index (κ2) is 6.21. The first-order chi connectivity index (χ1) is 12.5. The molecule has 0 unspecified atom stereocenters. The zero-order valence-corrected chi connectivity index (χ0v) is 13.6. The van der Waals surface area contributed by atoms with Crippen LogP contribution in [-0.2, 0) is 13.1 Å². The summed E-state index contributed by atoms with van der Waals surface area (Å²) >= 11 is 0. The Bertz CT molecular complexity index is 1090. The van der Waals surface area contributed by atoms with E-state index in [4.69, 9.17) is 0 Å². The molecule has 0 aliphatic carbocycles. The van der Waals surface area contributed by atoms with Gasteiger partial charge in [-0.2, -0.15) is 0 Å². The largest absolute Gasteiger partial charge is 0.333 e. The first-order valence-electron chi connectivity index (χ1n) is 8.02. The SMILES string of the molecule is O=c1c(=O)n2c(nn1Cc1cccc(F)c1)N(c1ccc(F)cc1)CC2.